The molecule has 1 aliphatic rings. The summed E-state index contributed by atoms with van der Waals surface area (Å²) in [6, 6.07) is 8.66. The maximum Gasteiger partial charge on any atom is 0.0347 e. The van der Waals surface area contributed by atoms with E-state index in [1.807, 2.05) is 0 Å². The van der Waals surface area contributed by atoms with Crippen LogP contribution >= 0.6 is 15.9 Å². The predicted octanol–water partition coefficient (Wildman–Crippen LogP) is 2.68. The van der Waals surface area contributed by atoms with Gasteiger partial charge < -0.3 is 10.2 Å². The SMILES string of the molecule is CNC1(Cc2cccc(Br)c2)CCCN(C)C1. The van der Waals surface area contributed by atoms with Crippen LogP contribution in [0.3, 0.4) is 0 Å². The number of halogens is 1. The van der Waals surface area contributed by atoms with Crippen LogP contribution in [-0.4, -0.2) is 37.6 Å². The van der Waals surface area contributed by atoms with Gasteiger partial charge in [-0.1, -0.05) is 28.1 Å². The first-order valence-electron chi connectivity index (χ1n) is 6.25. The lowest BCUT2D eigenvalue weighted by atomic mass is 9.83. The zero-order valence-electron chi connectivity index (χ0n) is 10.7. The Morgan fingerprint density at radius 3 is 2.94 bits per heavy atom. The Labute approximate surface area is 113 Å². The molecule has 0 aromatic heterocycles. The van der Waals surface area contributed by atoms with Crippen molar-refractivity contribution in [2.45, 2.75) is 24.8 Å². The molecule has 1 aliphatic heterocycles. The third kappa shape index (κ3) is 3.30. The number of hydrogen-bond acceptors (Lipinski definition) is 2. The summed E-state index contributed by atoms with van der Waals surface area (Å²) in [6.07, 6.45) is 3.65. The van der Waals surface area contributed by atoms with Gasteiger partial charge in [-0.2, -0.15) is 0 Å². The second kappa shape index (κ2) is 5.51. The summed E-state index contributed by atoms with van der Waals surface area (Å²) in [5.41, 5.74) is 1.65. The minimum Gasteiger partial charge on any atom is -0.313 e. The topological polar surface area (TPSA) is 15.3 Å². The number of benzene rings is 1. The summed E-state index contributed by atoms with van der Waals surface area (Å²) < 4.78 is 1.17. The molecule has 1 fully saturated rings. The fraction of sp³-hybridized carbons (Fsp3) is 0.571. The third-order valence-electron chi connectivity index (χ3n) is 3.73. The van der Waals surface area contributed by atoms with Crippen molar-refractivity contribution < 1.29 is 0 Å². The number of hydrogen-bond donors (Lipinski definition) is 1. The molecule has 94 valence electrons. The first-order chi connectivity index (χ1) is 8.13. The van der Waals surface area contributed by atoms with Crippen molar-refractivity contribution in [3.05, 3.63) is 34.3 Å². The number of rotatable bonds is 3. The Morgan fingerprint density at radius 2 is 2.29 bits per heavy atom. The van der Waals surface area contributed by atoms with Crippen molar-refractivity contribution in [3.63, 3.8) is 0 Å². The van der Waals surface area contributed by atoms with Gasteiger partial charge in [0.25, 0.3) is 0 Å². The van der Waals surface area contributed by atoms with Gasteiger partial charge in [-0.05, 0) is 57.6 Å². The highest BCUT2D eigenvalue weighted by atomic mass is 79.9. The lowest BCUT2D eigenvalue weighted by molar-refractivity contribution is 0.151. The molecule has 17 heavy (non-hydrogen) atoms. The van der Waals surface area contributed by atoms with Crippen LogP contribution in [0.1, 0.15) is 18.4 Å². The Balaban J connectivity index is 2.13. The molecule has 1 heterocycles. The lowest BCUT2D eigenvalue weighted by Gasteiger charge is -2.41. The maximum atomic E-state index is 3.56. The number of nitrogens with one attached hydrogen (secondary N) is 1. The Kier molecular flexibility index (Phi) is 4.23. The normalized spacial score (nSPS) is 26.1. The fourth-order valence-electron chi connectivity index (χ4n) is 2.84. The minimum absolute atomic E-state index is 0.244. The van der Waals surface area contributed by atoms with Gasteiger partial charge in [0.15, 0.2) is 0 Å². The summed E-state index contributed by atoms with van der Waals surface area (Å²) in [6.45, 7) is 2.36. The van der Waals surface area contributed by atoms with Crippen molar-refractivity contribution in [1.82, 2.24) is 10.2 Å². The van der Waals surface area contributed by atoms with Gasteiger partial charge in [0, 0.05) is 16.6 Å². The quantitative estimate of drug-likeness (QED) is 0.923. The average Bonchev–Trinajstić information content (AvgIpc) is 2.29. The first-order valence-corrected chi connectivity index (χ1v) is 7.05. The third-order valence-corrected chi connectivity index (χ3v) is 4.22. The van der Waals surface area contributed by atoms with Crippen LogP contribution in [0.15, 0.2) is 28.7 Å². The lowest BCUT2D eigenvalue weighted by Crippen LogP contribution is -2.56. The van der Waals surface area contributed by atoms with Gasteiger partial charge in [0.1, 0.15) is 0 Å². The second-order valence-electron chi connectivity index (χ2n) is 5.18. The molecular formula is C14H21BrN2. The van der Waals surface area contributed by atoms with Crippen LogP contribution < -0.4 is 5.32 Å². The maximum absolute atomic E-state index is 3.56. The number of piperidine rings is 1. The van der Waals surface area contributed by atoms with Crippen molar-refractivity contribution in [2.24, 2.45) is 0 Å². The van der Waals surface area contributed by atoms with Crippen LogP contribution in [0.2, 0.25) is 0 Å². The van der Waals surface area contributed by atoms with Crippen LogP contribution in [0, 0.1) is 0 Å². The van der Waals surface area contributed by atoms with Gasteiger partial charge in [-0.25, -0.2) is 0 Å². The Bertz CT molecular complexity index is 380. The van der Waals surface area contributed by atoms with Gasteiger partial charge in [-0.3, -0.25) is 0 Å². The van der Waals surface area contributed by atoms with Gasteiger partial charge in [-0.15, -0.1) is 0 Å². The summed E-state index contributed by atoms with van der Waals surface area (Å²) in [5.74, 6) is 0. The molecule has 0 radical (unpaired) electrons. The molecule has 0 amide bonds. The number of nitrogens with zero attached hydrogens (tertiary/aromatic N) is 1. The molecule has 0 saturated carbocycles. The molecule has 0 spiro atoms. The van der Waals surface area contributed by atoms with E-state index in [0.717, 1.165) is 13.0 Å². The number of likely N-dealkylation sites (N-methyl/N-ethyl adjacent to an activating group) is 2. The van der Waals surface area contributed by atoms with E-state index in [0.29, 0.717) is 0 Å². The van der Waals surface area contributed by atoms with Crippen LogP contribution in [-0.2, 0) is 6.42 Å². The van der Waals surface area contributed by atoms with Crippen LogP contribution in [0.25, 0.3) is 0 Å². The standard InChI is InChI=1S/C14H21BrN2/c1-16-14(7-4-8-17(2)11-14)10-12-5-3-6-13(15)9-12/h3,5-6,9,16H,4,7-8,10-11H2,1-2H3. The van der Waals surface area contributed by atoms with Gasteiger partial charge >= 0.3 is 0 Å². The summed E-state index contributed by atoms with van der Waals surface area (Å²) in [7, 11) is 4.31. The molecule has 1 aromatic carbocycles. The molecule has 1 atom stereocenters. The molecule has 1 N–H and O–H groups in total. The molecule has 1 aromatic rings. The summed E-state index contributed by atoms with van der Waals surface area (Å²) >= 11 is 3.55. The molecule has 3 heteroatoms. The van der Waals surface area contributed by atoms with E-state index in [4.69, 9.17) is 0 Å². The monoisotopic (exact) mass is 296 g/mol. The van der Waals surface area contributed by atoms with E-state index in [9.17, 15) is 0 Å². The minimum atomic E-state index is 0.244. The van der Waals surface area contributed by atoms with Crippen LogP contribution in [0.4, 0.5) is 0 Å². The van der Waals surface area contributed by atoms with Crippen molar-refractivity contribution in [3.8, 4) is 0 Å². The van der Waals surface area contributed by atoms with E-state index in [2.05, 4.69) is 64.5 Å². The smallest absolute Gasteiger partial charge is 0.0347 e. The molecule has 2 nitrogen and oxygen atoms in total. The van der Waals surface area contributed by atoms with E-state index >= 15 is 0 Å². The first kappa shape index (κ1) is 13.1. The zero-order chi connectivity index (χ0) is 12.3. The van der Waals surface area contributed by atoms with Crippen molar-refractivity contribution in [1.29, 1.82) is 0 Å². The second-order valence-corrected chi connectivity index (χ2v) is 6.09. The average molecular weight is 297 g/mol. The van der Waals surface area contributed by atoms with E-state index < -0.39 is 0 Å². The molecule has 0 bridgehead atoms. The molecule has 1 unspecified atom stereocenters. The fourth-order valence-corrected chi connectivity index (χ4v) is 3.28. The van der Waals surface area contributed by atoms with Crippen molar-refractivity contribution in [2.75, 3.05) is 27.2 Å². The summed E-state index contributed by atoms with van der Waals surface area (Å²) in [4.78, 5) is 2.43. The molecule has 0 aliphatic carbocycles. The van der Waals surface area contributed by atoms with Gasteiger partial charge in [0.2, 0.25) is 0 Å². The highest BCUT2D eigenvalue weighted by Crippen LogP contribution is 2.25. The molecule has 1 saturated heterocycles. The van der Waals surface area contributed by atoms with E-state index in [-0.39, 0.29) is 5.54 Å². The molecular weight excluding hydrogens is 276 g/mol. The van der Waals surface area contributed by atoms with Crippen LogP contribution in [0.5, 0.6) is 0 Å². The summed E-state index contributed by atoms with van der Waals surface area (Å²) in [5, 5.41) is 3.56. The highest BCUT2D eigenvalue weighted by molar-refractivity contribution is 9.10. The van der Waals surface area contributed by atoms with Gasteiger partial charge in [0.05, 0.1) is 0 Å². The molecule has 2 rings (SSSR count). The van der Waals surface area contributed by atoms with Crippen molar-refractivity contribution >= 4 is 15.9 Å². The number of likely N-dealkylation sites (tertiary alicyclic amines) is 1. The van der Waals surface area contributed by atoms with E-state index in [1.54, 1.807) is 0 Å². The highest BCUT2D eigenvalue weighted by Gasteiger charge is 2.32. The zero-order valence-corrected chi connectivity index (χ0v) is 12.3. The van der Waals surface area contributed by atoms with E-state index in [1.165, 1.54) is 29.4 Å². The Morgan fingerprint density at radius 1 is 1.47 bits per heavy atom. The largest absolute Gasteiger partial charge is 0.313 e. The Hall–Kier alpha value is -0.380. The predicted molar refractivity (Wildman–Crippen MR) is 76.4 cm³/mol.